The quantitative estimate of drug-likeness (QED) is 0.387. The van der Waals surface area contributed by atoms with Crippen molar-refractivity contribution in [2.75, 3.05) is 0 Å². The van der Waals surface area contributed by atoms with Crippen molar-refractivity contribution in [3.63, 3.8) is 0 Å². The van der Waals surface area contributed by atoms with Crippen LogP contribution in [0.1, 0.15) is 33.9 Å². The maximum atomic E-state index is 14.8. The highest BCUT2D eigenvalue weighted by Gasteiger charge is 2.46. The Morgan fingerprint density at radius 3 is 2.42 bits per heavy atom. The Kier molecular flexibility index (Phi) is 5.38. The highest BCUT2D eigenvalue weighted by atomic mass is 19.1. The Hall–Kier alpha value is -3.80. The standard InChI is InChI=1S/C25H21FN2O3/c1-15-7-8-18(13-16(15)2)23(29)21-22(19-5-3-4-6-20(19)26)28(25(31)24(21)30)14-17-9-11-27-12-10-17/h3-13,22,29H,14H2,1-2H3/b23-21+. The first-order valence-electron chi connectivity index (χ1n) is 9.88. The summed E-state index contributed by atoms with van der Waals surface area (Å²) in [4.78, 5) is 31.2. The molecule has 0 saturated carbocycles. The number of ketones is 1. The highest BCUT2D eigenvalue weighted by molar-refractivity contribution is 6.46. The maximum absolute atomic E-state index is 14.8. The van der Waals surface area contributed by atoms with Gasteiger partial charge in [-0.15, -0.1) is 0 Å². The maximum Gasteiger partial charge on any atom is 0.295 e. The number of pyridine rings is 1. The zero-order valence-corrected chi connectivity index (χ0v) is 17.2. The molecule has 4 rings (SSSR count). The number of aromatic nitrogens is 1. The lowest BCUT2D eigenvalue weighted by atomic mass is 9.94. The van der Waals surface area contributed by atoms with Gasteiger partial charge in [-0.3, -0.25) is 14.6 Å². The lowest BCUT2D eigenvalue weighted by molar-refractivity contribution is -0.140. The van der Waals surface area contributed by atoms with Gasteiger partial charge in [0, 0.05) is 30.1 Å². The molecule has 6 heteroatoms. The lowest BCUT2D eigenvalue weighted by Crippen LogP contribution is -2.29. The van der Waals surface area contributed by atoms with Crippen molar-refractivity contribution in [3.8, 4) is 0 Å². The minimum Gasteiger partial charge on any atom is -0.507 e. The van der Waals surface area contributed by atoms with Crippen molar-refractivity contribution in [3.05, 3.63) is 106 Å². The Labute approximate surface area is 179 Å². The van der Waals surface area contributed by atoms with Gasteiger partial charge in [0.25, 0.3) is 11.7 Å². The normalized spacial score (nSPS) is 17.9. The van der Waals surface area contributed by atoms with E-state index in [1.54, 1.807) is 42.7 Å². The largest absolute Gasteiger partial charge is 0.507 e. The third kappa shape index (κ3) is 3.72. The van der Waals surface area contributed by atoms with Gasteiger partial charge in [-0.05, 0) is 54.8 Å². The van der Waals surface area contributed by atoms with Crippen molar-refractivity contribution in [1.29, 1.82) is 0 Å². The molecular weight excluding hydrogens is 395 g/mol. The second-order valence-electron chi connectivity index (χ2n) is 7.60. The van der Waals surface area contributed by atoms with Gasteiger partial charge < -0.3 is 10.0 Å². The molecule has 0 bridgehead atoms. The van der Waals surface area contributed by atoms with Crippen LogP contribution in [0.4, 0.5) is 4.39 Å². The number of hydrogen-bond donors (Lipinski definition) is 1. The van der Waals surface area contributed by atoms with E-state index in [0.717, 1.165) is 16.7 Å². The first-order chi connectivity index (χ1) is 14.9. The number of benzene rings is 2. The zero-order chi connectivity index (χ0) is 22.1. The molecule has 2 aromatic carbocycles. The minimum atomic E-state index is -1.05. The first kappa shape index (κ1) is 20.5. The monoisotopic (exact) mass is 416 g/mol. The number of nitrogens with zero attached hydrogens (tertiary/aromatic N) is 2. The molecule has 1 aliphatic rings. The van der Waals surface area contributed by atoms with Crippen LogP contribution in [0, 0.1) is 19.7 Å². The number of carbonyl (C=O) groups is 2. The Bertz CT molecular complexity index is 1200. The molecule has 1 atom stereocenters. The van der Waals surface area contributed by atoms with E-state index in [2.05, 4.69) is 4.98 Å². The predicted octanol–water partition coefficient (Wildman–Crippen LogP) is 4.46. The van der Waals surface area contributed by atoms with Crippen LogP contribution in [-0.4, -0.2) is 26.7 Å². The topological polar surface area (TPSA) is 70.5 Å². The molecule has 0 spiro atoms. The molecule has 2 heterocycles. The number of Topliss-reactive ketones (excluding diaryl/α,β-unsaturated/α-hetero) is 1. The van der Waals surface area contributed by atoms with Crippen LogP contribution in [0.3, 0.4) is 0 Å². The van der Waals surface area contributed by atoms with E-state index in [1.807, 2.05) is 19.9 Å². The zero-order valence-electron chi connectivity index (χ0n) is 17.2. The molecule has 1 aliphatic heterocycles. The van der Waals surface area contributed by atoms with Crippen LogP contribution in [0.25, 0.3) is 5.76 Å². The van der Waals surface area contributed by atoms with Crippen LogP contribution in [0.2, 0.25) is 0 Å². The summed E-state index contributed by atoms with van der Waals surface area (Å²) < 4.78 is 14.8. The molecular formula is C25H21FN2O3. The van der Waals surface area contributed by atoms with Gasteiger partial charge in [-0.2, -0.15) is 0 Å². The number of aliphatic hydroxyl groups excluding tert-OH is 1. The molecule has 1 amide bonds. The van der Waals surface area contributed by atoms with Crippen molar-refractivity contribution in [2.24, 2.45) is 0 Å². The average Bonchev–Trinajstić information content (AvgIpc) is 3.01. The van der Waals surface area contributed by atoms with Gasteiger partial charge in [0.15, 0.2) is 0 Å². The fourth-order valence-electron chi connectivity index (χ4n) is 3.79. The van der Waals surface area contributed by atoms with Gasteiger partial charge in [0.2, 0.25) is 0 Å². The van der Waals surface area contributed by atoms with E-state index in [9.17, 15) is 19.1 Å². The lowest BCUT2D eigenvalue weighted by Gasteiger charge is -2.25. The fraction of sp³-hybridized carbons (Fsp3) is 0.160. The molecule has 156 valence electrons. The number of hydrogen-bond acceptors (Lipinski definition) is 4. The van der Waals surface area contributed by atoms with Gasteiger partial charge in [-0.1, -0.05) is 30.3 Å². The summed E-state index contributed by atoms with van der Waals surface area (Å²) in [5.41, 5.74) is 3.14. The summed E-state index contributed by atoms with van der Waals surface area (Å²) >= 11 is 0. The summed E-state index contributed by atoms with van der Waals surface area (Å²) in [6.07, 6.45) is 3.16. The van der Waals surface area contributed by atoms with Crippen LogP contribution >= 0.6 is 0 Å². The van der Waals surface area contributed by atoms with E-state index < -0.39 is 23.5 Å². The van der Waals surface area contributed by atoms with Crippen molar-refractivity contribution < 1.29 is 19.1 Å². The molecule has 3 aromatic rings. The summed E-state index contributed by atoms with van der Waals surface area (Å²) in [7, 11) is 0. The second kappa shape index (κ2) is 8.14. The second-order valence-corrected chi connectivity index (χ2v) is 7.60. The van der Waals surface area contributed by atoms with Crippen LogP contribution in [-0.2, 0) is 16.1 Å². The number of amides is 1. The number of rotatable bonds is 4. The van der Waals surface area contributed by atoms with Crippen molar-refractivity contribution in [2.45, 2.75) is 26.4 Å². The molecule has 1 fully saturated rings. The number of likely N-dealkylation sites (tertiary alicyclic amines) is 1. The average molecular weight is 416 g/mol. The summed E-state index contributed by atoms with van der Waals surface area (Å²) in [5, 5.41) is 11.1. The van der Waals surface area contributed by atoms with Crippen LogP contribution in [0.5, 0.6) is 0 Å². The predicted molar refractivity (Wildman–Crippen MR) is 114 cm³/mol. The van der Waals surface area contributed by atoms with Gasteiger partial charge >= 0.3 is 0 Å². The third-order valence-corrected chi connectivity index (χ3v) is 5.62. The molecule has 1 unspecified atom stereocenters. The van der Waals surface area contributed by atoms with E-state index in [-0.39, 0.29) is 23.4 Å². The van der Waals surface area contributed by atoms with E-state index in [0.29, 0.717) is 5.56 Å². The van der Waals surface area contributed by atoms with Crippen molar-refractivity contribution in [1.82, 2.24) is 9.88 Å². The van der Waals surface area contributed by atoms with Crippen molar-refractivity contribution >= 4 is 17.4 Å². The van der Waals surface area contributed by atoms with Gasteiger partial charge in [-0.25, -0.2) is 4.39 Å². The molecule has 0 radical (unpaired) electrons. The van der Waals surface area contributed by atoms with Crippen LogP contribution in [0.15, 0.2) is 72.6 Å². The molecule has 1 N–H and O–H groups in total. The molecule has 1 saturated heterocycles. The molecule has 1 aromatic heterocycles. The SMILES string of the molecule is Cc1ccc(/C(O)=C2\C(=O)C(=O)N(Cc3ccncc3)C2c2ccccc2F)cc1C. The molecule has 5 nitrogen and oxygen atoms in total. The Morgan fingerprint density at radius 1 is 1.03 bits per heavy atom. The smallest absolute Gasteiger partial charge is 0.295 e. The first-order valence-corrected chi connectivity index (χ1v) is 9.88. The number of aliphatic hydroxyl groups is 1. The minimum absolute atomic E-state index is 0.0792. The number of carbonyl (C=O) groups excluding carboxylic acids is 2. The van der Waals surface area contributed by atoms with Gasteiger partial charge in [0.1, 0.15) is 11.6 Å². The van der Waals surface area contributed by atoms with Crippen LogP contribution < -0.4 is 0 Å². The molecule has 0 aliphatic carbocycles. The van der Waals surface area contributed by atoms with E-state index in [4.69, 9.17) is 0 Å². The summed E-state index contributed by atoms with van der Waals surface area (Å²) in [6, 6.07) is 13.6. The van der Waals surface area contributed by atoms with E-state index >= 15 is 0 Å². The molecule has 31 heavy (non-hydrogen) atoms. The fourth-order valence-corrected chi connectivity index (χ4v) is 3.79. The Morgan fingerprint density at radius 2 is 1.74 bits per heavy atom. The van der Waals surface area contributed by atoms with Gasteiger partial charge in [0.05, 0.1) is 11.6 Å². The van der Waals surface area contributed by atoms with E-state index in [1.165, 1.54) is 23.1 Å². The third-order valence-electron chi connectivity index (χ3n) is 5.62. The summed E-state index contributed by atoms with van der Waals surface area (Å²) in [5.74, 6) is -2.49. The Balaban J connectivity index is 1.90. The number of aryl methyl sites for hydroxylation is 2. The highest BCUT2D eigenvalue weighted by Crippen LogP contribution is 2.41. The summed E-state index contributed by atoms with van der Waals surface area (Å²) in [6.45, 7) is 3.91. The number of halogens is 1.